The number of rotatable bonds is 2. The van der Waals surface area contributed by atoms with Crippen LogP contribution in [-0.2, 0) is 6.18 Å². The lowest BCUT2D eigenvalue weighted by atomic mass is 10.0. The zero-order chi connectivity index (χ0) is 11.6. The zero-order valence-electron chi connectivity index (χ0n) is 8.11. The van der Waals surface area contributed by atoms with Crippen molar-refractivity contribution in [2.75, 3.05) is 0 Å². The molecule has 1 aromatic rings. The summed E-state index contributed by atoms with van der Waals surface area (Å²) in [6.45, 7) is 1.75. The van der Waals surface area contributed by atoms with Gasteiger partial charge in [0.2, 0.25) is 0 Å². The summed E-state index contributed by atoms with van der Waals surface area (Å²) >= 11 is 0. The van der Waals surface area contributed by atoms with Crippen LogP contribution >= 0.6 is 0 Å². The molecule has 0 saturated carbocycles. The van der Waals surface area contributed by atoms with E-state index in [2.05, 4.69) is 0 Å². The third kappa shape index (κ3) is 2.68. The Morgan fingerprint density at radius 1 is 1.33 bits per heavy atom. The second-order valence-electron chi connectivity index (χ2n) is 3.25. The molecule has 0 bridgehead atoms. The molecule has 0 spiro atoms. The van der Waals surface area contributed by atoms with Gasteiger partial charge in [-0.05, 0) is 24.1 Å². The molecule has 0 unspecified atom stereocenters. The smallest absolute Gasteiger partial charge is 0.324 e. The number of nitrogens with two attached hydrogens (primary N) is 1. The largest absolute Gasteiger partial charge is 0.419 e. The van der Waals surface area contributed by atoms with Crippen molar-refractivity contribution in [3.05, 3.63) is 35.1 Å². The highest BCUT2D eigenvalue weighted by Gasteiger charge is 2.34. The number of hydrogen-bond acceptors (Lipinski definition) is 1. The van der Waals surface area contributed by atoms with E-state index in [0.29, 0.717) is 12.0 Å². The molecule has 1 atom stereocenters. The zero-order valence-corrected chi connectivity index (χ0v) is 8.11. The summed E-state index contributed by atoms with van der Waals surface area (Å²) in [5.74, 6) is -1.27. The van der Waals surface area contributed by atoms with Crippen LogP contribution in [-0.4, -0.2) is 0 Å². The first-order chi connectivity index (χ1) is 6.86. The summed E-state index contributed by atoms with van der Waals surface area (Å²) in [5.41, 5.74) is 4.60. The van der Waals surface area contributed by atoms with Gasteiger partial charge in [-0.2, -0.15) is 13.2 Å². The van der Waals surface area contributed by atoms with Gasteiger partial charge >= 0.3 is 6.18 Å². The van der Waals surface area contributed by atoms with Gasteiger partial charge in [0, 0.05) is 6.04 Å². The number of benzene rings is 1. The minimum absolute atomic E-state index is 0.297. The molecule has 0 radical (unpaired) electrons. The van der Waals surface area contributed by atoms with Gasteiger partial charge in [0.1, 0.15) is 5.82 Å². The van der Waals surface area contributed by atoms with Crippen molar-refractivity contribution < 1.29 is 17.6 Å². The number of alkyl halides is 3. The molecule has 84 valence electrons. The molecule has 0 aliphatic heterocycles. The second kappa shape index (κ2) is 4.18. The van der Waals surface area contributed by atoms with E-state index in [9.17, 15) is 17.6 Å². The molecule has 0 amide bonds. The van der Waals surface area contributed by atoms with Gasteiger partial charge in [0.25, 0.3) is 0 Å². The molecule has 2 N–H and O–H groups in total. The fraction of sp³-hybridized carbons (Fsp3) is 0.400. The van der Waals surface area contributed by atoms with Crippen LogP contribution in [0.5, 0.6) is 0 Å². The van der Waals surface area contributed by atoms with Crippen molar-refractivity contribution in [1.82, 2.24) is 0 Å². The first kappa shape index (κ1) is 12.0. The van der Waals surface area contributed by atoms with Crippen molar-refractivity contribution in [2.24, 2.45) is 5.73 Å². The number of halogens is 4. The van der Waals surface area contributed by atoms with E-state index in [1.165, 1.54) is 6.07 Å². The Bertz CT molecular complexity index is 346. The molecular formula is C10H11F4N. The molecule has 1 nitrogen and oxygen atoms in total. The highest BCUT2D eigenvalue weighted by atomic mass is 19.4. The molecular weight excluding hydrogens is 210 g/mol. The van der Waals surface area contributed by atoms with Crippen LogP contribution < -0.4 is 5.73 Å². The quantitative estimate of drug-likeness (QED) is 0.762. The Morgan fingerprint density at radius 3 is 2.40 bits per heavy atom. The minimum atomic E-state index is -4.67. The molecule has 15 heavy (non-hydrogen) atoms. The Hall–Kier alpha value is -1.10. The normalized spacial score (nSPS) is 14.0. The van der Waals surface area contributed by atoms with Crippen molar-refractivity contribution in [1.29, 1.82) is 0 Å². The molecule has 0 aliphatic rings. The average molecular weight is 221 g/mol. The first-order valence-electron chi connectivity index (χ1n) is 4.48. The van der Waals surface area contributed by atoms with Crippen molar-refractivity contribution in [3.8, 4) is 0 Å². The van der Waals surface area contributed by atoms with Gasteiger partial charge < -0.3 is 5.73 Å². The second-order valence-corrected chi connectivity index (χ2v) is 3.25. The lowest BCUT2D eigenvalue weighted by Crippen LogP contribution is -2.13. The summed E-state index contributed by atoms with van der Waals surface area (Å²) in [6.07, 6.45) is -4.17. The molecule has 0 aliphatic carbocycles. The Labute approximate surface area is 84.9 Å². The Balaban J connectivity index is 3.17. The third-order valence-electron chi connectivity index (χ3n) is 2.16. The van der Waals surface area contributed by atoms with Crippen LogP contribution in [0.25, 0.3) is 0 Å². The molecule has 1 aromatic carbocycles. The fourth-order valence-electron chi connectivity index (χ4n) is 1.23. The number of hydrogen-bond donors (Lipinski definition) is 1. The lowest BCUT2D eigenvalue weighted by molar-refractivity contribution is -0.140. The fourth-order valence-corrected chi connectivity index (χ4v) is 1.23. The SMILES string of the molecule is CC[C@@H](N)c1ccc(F)c(C(F)(F)F)c1. The lowest BCUT2D eigenvalue weighted by Gasteiger charge is -2.13. The minimum Gasteiger partial charge on any atom is -0.324 e. The van der Waals surface area contributed by atoms with Crippen LogP contribution in [0.3, 0.4) is 0 Å². The van der Waals surface area contributed by atoms with Gasteiger partial charge in [-0.1, -0.05) is 13.0 Å². The van der Waals surface area contributed by atoms with Gasteiger partial charge in [-0.15, -0.1) is 0 Å². The summed E-state index contributed by atoms with van der Waals surface area (Å²) in [4.78, 5) is 0. The van der Waals surface area contributed by atoms with Gasteiger partial charge in [0.05, 0.1) is 5.56 Å². The average Bonchev–Trinajstić information content (AvgIpc) is 2.15. The van der Waals surface area contributed by atoms with Gasteiger partial charge in [0.15, 0.2) is 0 Å². The molecule has 1 rings (SSSR count). The predicted molar refractivity (Wildman–Crippen MR) is 48.6 cm³/mol. The van der Waals surface area contributed by atoms with Crippen molar-refractivity contribution in [2.45, 2.75) is 25.6 Å². The molecule has 0 fully saturated rings. The van der Waals surface area contributed by atoms with Crippen LogP contribution in [0, 0.1) is 5.82 Å². The maximum absolute atomic E-state index is 12.9. The maximum atomic E-state index is 12.9. The van der Waals surface area contributed by atoms with E-state index in [4.69, 9.17) is 5.73 Å². The Kier molecular flexibility index (Phi) is 3.34. The highest BCUT2D eigenvalue weighted by molar-refractivity contribution is 5.29. The summed E-state index contributed by atoms with van der Waals surface area (Å²) < 4.78 is 49.8. The van der Waals surface area contributed by atoms with Crippen molar-refractivity contribution in [3.63, 3.8) is 0 Å². The molecule has 0 heterocycles. The molecule has 0 aromatic heterocycles. The molecule has 0 saturated heterocycles. The summed E-state index contributed by atoms with van der Waals surface area (Å²) in [5, 5.41) is 0. The van der Waals surface area contributed by atoms with Crippen LogP contribution in [0.4, 0.5) is 17.6 Å². The molecule has 5 heteroatoms. The van der Waals surface area contributed by atoms with Gasteiger partial charge in [-0.25, -0.2) is 4.39 Å². The third-order valence-corrected chi connectivity index (χ3v) is 2.16. The Morgan fingerprint density at radius 2 is 1.93 bits per heavy atom. The van der Waals surface area contributed by atoms with E-state index >= 15 is 0 Å². The monoisotopic (exact) mass is 221 g/mol. The topological polar surface area (TPSA) is 26.0 Å². The van der Waals surface area contributed by atoms with E-state index in [0.717, 1.165) is 12.1 Å². The standard InChI is InChI=1S/C10H11F4N/c1-2-9(15)6-3-4-8(11)7(5-6)10(12,13)14/h3-5,9H,2,15H2,1H3/t9-/m1/s1. The predicted octanol–water partition coefficient (Wildman–Crippen LogP) is 3.25. The van der Waals surface area contributed by atoms with E-state index in [-0.39, 0.29) is 0 Å². The van der Waals surface area contributed by atoms with Crippen molar-refractivity contribution >= 4 is 0 Å². The van der Waals surface area contributed by atoms with E-state index < -0.39 is 23.6 Å². The van der Waals surface area contributed by atoms with Gasteiger partial charge in [-0.3, -0.25) is 0 Å². The summed E-state index contributed by atoms with van der Waals surface area (Å²) in [6, 6.07) is 2.35. The van der Waals surface area contributed by atoms with Crippen LogP contribution in [0.2, 0.25) is 0 Å². The van der Waals surface area contributed by atoms with Crippen LogP contribution in [0.15, 0.2) is 18.2 Å². The van der Waals surface area contributed by atoms with E-state index in [1.54, 1.807) is 6.92 Å². The highest BCUT2D eigenvalue weighted by Crippen LogP contribution is 2.32. The van der Waals surface area contributed by atoms with E-state index in [1.807, 2.05) is 0 Å². The van der Waals surface area contributed by atoms with Crippen LogP contribution in [0.1, 0.15) is 30.5 Å². The summed E-state index contributed by atoms with van der Waals surface area (Å²) in [7, 11) is 0. The maximum Gasteiger partial charge on any atom is 0.419 e. The first-order valence-corrected chi connectivity index (χ1v) is 4.48.